The van der Waals surface area contributed by atoms with Crippen LogP contribution in [0.5, 0.6) is 0 Å². The maximum Gasteiger partial charge on any atom is 0.335 e. The van der Waals surface area contributed by atoms with Gasteiger partial charge in [-0.3, -0.25) is 9.59 Å². The molecular weight excluding hydrogens is 456 g/mol. The van der Waals surface area contributed by atoms with Crippen molar-refractivity contribution >= 4 is 17.7 Å². The third-order valence-electron chi connectivity index (χ3n) is 10.6. The van der Waals surface area contributed by atoms with Crippen molar-refractivity contribution in [2.24, 2.45) is 28.1 Å². The minimum Gasteiger partial charge on any atom is -0.479 e. The van der Waals surface area contributed by atoms with Gasteiger partial charge in [0.05, 0.1) is 42.2 Å². The van der Waals surface area contributed by atoms with Gasteiger partial charge >= 0.3 is 11.9 Å². The topological polar surface area (TPSA) is 136 Å². The van der Waals surface area contributed by atoms with Crippen LogP contribution in [-0.2, 0) is 28.6 Å². The Balaban J connectivity index is 1.53. The Kier molecular flexibility index (Phi) is 4.47. The van der Waals surface area contributed by atoms with Crippen molar-refractivity contribution in [1.29, 1.82) is 0 Å². The number of rotatable bonds is 3. The predicted octanol–water partition coefficient (Wildman–Crippen LogP) is 2.66. The summed E-state index contributed by atoms with van der Waals surface area (Å²) in [7, 11) is 0. The van der Waals surface area contributed by atoms with Gasteiger partial charge in [-0.25, -0.2) is 4.79 Å². The second-order valence-electron chi connectivity index (χ2n) is 12.1. The first kappa shape index (κ1) is 23.2. The normalized spacial score (nSPS) is 48.5. The van der Waals surface area contributed by atoms with Crippen molar-refractivity contribution in [3.63, 3.8) is 0 Å². The number of hydrogen-bond donors (Lipinski definition) is 2. The lowest BCUT2D eigenvalue weighted by molar-refractivity contribution is -0.218. The number of esters is 1. The first-order valence-corrected chi connectivity index (χ1v) is 12.3. The van der Waals surface area contributed by atoms with Crippen LogP contribution in [0.3, 0.4) is 0 Å². The first-order valence-electron chi connectivity index (χ1n) is 12.3. The number of carboxylic acid groups (broad SMARTS) is 1. The number of ketones is 1. The van der Waals surface area contributed by atoms with Crippen LogP contribution >= 0.6 is 0 Å². The van der Waals surface area contributed by atoms with Gasteiger partial charge in [-0.05, 0) is 45.6 Å². The Labute approximate surface area is 203 Å². The molecule has 2 spiro atoms. The number of epoxide rings is 1. The summed E-state index contributed by atoms with van der Waals surface area (Å²) in [5, 5.41) is 21.7. The molecule has 0 amide bonds. The van der Waals surface area contributed by atoms with E-state index in [1.807, 2.05) is 27.7 Å². The van der Waals surface area contributed by atoms with Crippen molar-refractivity contribution in [2.45, 2.75) is 82.9 Å². The molecule has 1 aromatic heterocycles. The Morgan fingerprint density at radius 1 is 1.11 bits per heavy atom. The number of carboxylic acids is 1. The minimum atomic E-state index is -1.43. The van der Waals surface area contributed by atoms with Crippen LogP contribution in [0.2, 0.25) is 0 Å². The lowest BCUT2D eigenvalue weighted by atomic mass is 9.37. The number of aliphatic hydroxyl groups excluding tert-OH is 1. The molecule has 5 fully saturated rings. The van der Waals surface area contributed by atoms with Crippen molar-refractivity contribution in [3.8, 4) is 0 Å². The van der Waals surface area contributed by atoms with Crippen LogP contribution in [0.15, 0.2) is 23.0 Å². The maximum atomic E-state index is 14.2. The lowest BCUT2D eigenvalue weighted by Crippen LogP contribution is -2.71. The fourth-order valence-corrected chi connectivity index (χ4v) is 8.99. The summed E-state index contributed by atoms with van der Waals surface area (Å²) in [5.41, 5.74) is -4.49. The number of ether oxygens (including phenoxy) is 3. The molecule has 9 heteroatoms. The maximum absolute atomic E-state index is 14.2. The number of hydrogen-bond acceptors (Lipinski definition) is 8. The highest BCUT2D eigenvalue weighted by Crippen LogP contribution is 2.78. The van der Waals surface area contributed by atoms with E-state index in [0.29, 0.717) is 18.4 Å². The fraction of sp³-hybridized carbons (Fsp3) is 0.731. The van der Waals surface area contributed by atoms with Crippen LogP contribution in [0.4, 0.5) is 0 Å². The molecule has 0 unspecified atom stereocenters. The number of aliphatic carboxylic acids is 1. The molecule has 2 aliphatic carbocycles. The third kappa shape index (κ3) is 2.47. The molecule has 9 nitrogen and oxygen atoms in total. The van der Waals surface area contributed by atoms with Gasteiger partial charge in [-0.2, -0.15) is 0 Å². The van der Waals surface area contributed by atoms with Crippen LogP contribution in [0.25, 0.3) is 0 Å². The van der Waals surface area contributed by atoms with E-state index in [1.165, 1.54) is 12.5 Å². The second kappa shape index (κ2) is 6.75. The molecule has 190 valence electrons. The molecule has 3 aliphatic heterocycles. The van der Waals surface area contributed by atoms with Crippen molar-refractivity contribution < 1.29 is 43.2 Å². The third-order valence-corrected chi connectivity index (χ3v) is 10.6. The van der Waals surface area contributed by atoms with E-state index < -0.39 is 51.7 Å². The summed E-state index contributed by atoms with van der Waals surface area (Å²) in [5.74, 6) is -2.08. The average molecular weight is 489 g/mol. The summed E-state index contributed by atoms with van der Waals surface area (Å²) in [6.45, 7) is 7.67. The number of carbonyl (C=O) groups is 3. The molecule has 0 radical (unpaired) electrons. The van der Waals surface area contributed by atoms with Crippen LogP contribution < -0.4 is 0 Å². The predicted molar refractivity (Wildman–Crippen MR) is 118 cm³/mol. The summed E-state index contributed by atoms with van der Waals surface area (Å²) >= 11 is 0. The molecule has 9 atom stereocenters. The second-order valence-corrected chi connectivity index (χ2v) is 12.1. The molecule has 35 heavy (non-hydrogen) atoms. The standard InChI is InChI=1S/C26H32O9/c1-22(2)15-9-16(27)24(4)14(25(15)12-33-18(28)10-17(25)34-22)5-7-23(3,19(29)13-6-8-32-11-13)26(24)20(35-26)21(30)31/h6,8,11,14-15,17,19-20,29H,5,7,9-10,12H2,1-4H3,(H,30,31)/t14-,15-,17+,19+,20-,23-,24-,25-,26+/m1/s1. The molecule has 1 aromatic rings. The Bertz CT molecular complexity index is 1110. The largest absolute Gasteiger partial charge is 0.479 e. The van der Waals surface area contributed by atoms with E-state index >= 15 is 0 Å². The van der Waals surface area contributed by atoms with Gasteiger partial charge in [0, 0.05) is 28.7 Å². The zero-order chi connectivity index (χ0) is 25.2. The summed E-state index contributed by atoms with van der Waals surface area (Å²) in [6, 6.07) is 1.65. The van der Waals surface area contributed by atoms with Gasteiger partial charge in [0.15, 0.2) is 6.10 Å². The van der Waals surface area contributed by atoms with Crippen LogP contribution in [0, 0.1) is 28.1 Å². The van der Waals surface area contributed by atoms with Crippen LogP contribution in [0.1, 0.15) is 65.0 Å². The summed E-state index contributed by atoms with van der Waals surface area (Å²) in [6.07, 6.45) is 1.37. The average Bonchev–Trinajstić information content (AvgIpc) is 3.25. The van der Waals surface area contributed by atoms with E-state index in [-0.39, 0.29) is 43.0 Å². The molecule has 2 N–H and O–H groups in total. The van der Waals surface area contributed by atoms with Gasteiger partial charge in [-0.15, -0.1) is 0 Å². The summed E-state index contributed by atoms with van der Waals surface area (Å²) in [4.78, 5) is 38.9. The Hall–Kier alpha value is -2.23. The summed E-state index contributed by atoms with van der Waals surface area (Å²) < 4.78 is 23.4. The van der Waals surface area contributed by atoms with Gasteiger partial charge in [0.2, 0.25) is 0 Å². The van der Waals surface area contributed by atoms with Gasteiger partial charge < -0.3 is 28.8 Å². The zero-order valence-corrected chi connectivity index (χ0v) is 20.4. The minimum absolute atomic E-state index is 0.0820. The molecule has 5 aliphatic rings. The van der Waals surface area contributed by atoms with E-state index in [0.717, 1.165) is 0 Å². The van der Waals surface area contributed by atoms with E-state index in [4.69, 9.17) is 18.6 Å². The quantitative estimate of drug-likeness (QED) is 0.486. The van der Waals surface area contributed by atoms with E-state index in [9.17, 15) is 24.6 Å². The monoisotopic (exact) mass is 488 g/mol. The first-order chi connectivity index (χ1) is 16.4. The number of Topliss-reactive ketones (excluding diaryl/α,β-unsaturated/α-hetero) is 1. The Morgan fingerprint density at radius 3 is 2.49 bits per heavy atom. The van der Waals surface area contributed by atoms with Crippen molar-refractivity contribution in [1.82, 2.24) is 0 Å². The molecule has 3 saturated heterocycles. The van der Waals surface area contributed by atoms with Crippen LogP contribution in [-0.4, -0.2) is 58.0 Å². The SMILES string of the molecule is CC1(C)O[C@H]2CC(=O)OC[C@@]23[C@@H]1CC(=O)[C@@]1(C)[C@H]3CC[C@](C)([C@@H](O)c2ccoc2)[C@]12O[C@@H]2C(=O)O. The molecule has 4 heterocycles. The highest BCUT2D eigenvalue weighted by molar-refractivity contribution is 5.92. The number of aliphatic hydroxyl groups is 1. The molecule has 0 bridgehead atoms. The van der Waals surface area contributed by atoms with Gasteiger partial charge in [0.1, 0.15) is 18.0 Å². The zero-order valence-electron chi connectivity index (χ0n) is 20.4. The van der Waals surface area contributed by atoms with E-state index in [1.54, 1.807) is 6.07 Å². The smallest absolute Gasteiger partial charge is 0.335 e. The number of furan rings is 1. The lowest BCUT2D eigenvalue weighted by Gasteiger charge is -2.64. The van der Waals surface area contributed by atoms with Gasteiger partial charge in [-0.1, -0.05) is 6.92 Å². The fourth-order valence-electron chi connectivity index (χ4n) is 8.99. The van der Waals surface area contributed by atoms with Crippen molar-refractivity contribution in [2.75, 3.05) is 6.61 Å². The molecular formula is C26H32O9. The van der Waals surface area contributed by atoms with Gasteiger partial charge in [0.25, 0.3) is 0 Å². The number of carbonyl (C=O) groups excluding carboxylic acids is 2. The molecule has 6 rings (SSSR count). The Morgan fingerprint density at radius 2 is 1.86 bits per heavy atom. The highest BCUT2D eigenvalue weighted by atomic mass is 16.6. The molecule has 2 saturated carbocycles. The number of fused-ring (bicyclic) bond motifs is 2. The highest BCUT2D eigenvalue weighted by Gasteiger charge is 2.87. The molecule has 0 aromatic carbocycles. The number of cyclic esters (lactones) is 1. The van der Waals surface area contributed by atoms with E-state index in [2.05, 4.69) is 0 Å². The van der Waals surface area contributed by atoms with Crippen molar-refractivity contribution in [3.05, 3.63) is 24.2 Å².